The number of fused-ring (bicyclic) bond motifs is 1. The quantitative estimate of drug-likeness (QED) is 0.363. The second-order valence-electron chi connectivity index (χ2n) is 8.95. The number of allylic oxidation sites excluding steroid dienone is 3. The lowest BCUT2D eigenvalue weighted by Crippen LogP contribution is -2.41. The monoisotopic (exact) mass is 366 g/mol. The van der Waals surface area contributed by atoms with E-state index in [2.05, 4.69) is 70.2 Å². The van der Waals surface area contributed by atoms with Gasteiger partial charge in [-0.05, 0) is 56.4 Å². The maximum Gasteiger partial charge on any atom is 0.333 e. The molecular formula is C25H34O2. The molecular weight excluding hydrogens is 332 g/mol. The molecule has 0 unspecified atom stereocenters. The zero-order valence-electron chi connectivity index (χ0n) is 17.7. The molecule has 1 aromatic rings. The molecule has 1 saturated carbocycles. The van der Waals surface area contributed by atoms with Gasteiger partial charge in [0.2, 0.25) is 0 Å². The van der Waals surface area contributed by atoms with Crippen LogP contribution in [0.3, 0.4) is 0 Å². The Kier molecular flexibility index (Phi) is 5.65. The van der Waals surface area contributed by atoms with Crippen LogP contribution in [0.5, 0.6) is 0 Å². The highest BCUT2D eigenvalue weighted by atomic mass is 16.5. The molecule has 0 spiro atoms. The molecule has 0 amide bonds. The first kappa shape index (κ1) is 19.9. The van der Waals surface area contributed by atoms with Crippen molar-refractivity contribution in [3.05, 3.63) is 59.2 Å². The fourth-order valence-corrected chi connectivity index (χ4v) is 6.15. The van der Waals surface area contributed by atoms with Gasteiger partial charge in [0.05, 0.1) is 6.61 Å². The van der Waals surface area contributed by atoms with Gasteiger partial charge in [0, 0.05) is 16.9 Å². The van der Waals surface area contributed by atoms with Crippen LogP contribution in [0.15, 0.2) is 53.6 Å². The maximum atomic E-state index is 12.4. The molecule has 0 saturated heterocycles. The zero-order chi connectivity index (χ0) is 19.8. The Morgan fingerprint density at radius 2 is 1.89 bits per heavy atom. The summed E-state index contributed by atoms with van der Waals surface area (Å²) >= 11 is 0. The molecule has 3 rings (SSSR count). The largest absolute Gasteiger partial charge is 0.463 e. The molecule has 0 aliphatic heterocycles. The Morgan fingerprint density at radius 3 is 2.52 bits per heavy atom. The molecule has 0 bridgehead atoms. The van der Waals surface area contributed by atoms with Crippen molar-refractivity contribution in [3.63, 3.8) is 0 Å². The first-order valence-electron chi connectivity index (χ1n) is 10.4. The number of hydrogen-bond donors (Lipinski definition) is 0. The second kappa shape index (κ2) is 7.66. The number of rotatable bonds is 4. The lowest BCUT2D eigenvalue weighted by Gasteiger charge is -2.49. The molecule has 2 aliphatic rings. The van der Waals surface area contributed by atoms with Crippen LogP contribution in [-0.4, -0.2) is 12.6 Å². The van der Waals surface area contributed by atoms with Gasteiger partial charge >= 0.3 is 5.97 Å². The molecule has 2 heteroatoms. The van der Waals surface area contributed by atoms with Crippen LogP contribution in [0.4, 0.5) is 0 Å². The number of hydrogen-bond acceptors (Lipinski definition) is 2. The van der Waals surface area contributed by atoms with Gasteiger partial charge in [-0.2, -0.15) is 0 Å². The van der Waals surface area contributed by atoms with Crippen LogP contribution >= 0.6 is 0 Å². The van der Waals surface area contributed by atoms with Gasteiger partial charge < -0.3 is 4.74 Å². The highest BCUT2D eigenvalue weighted by molar-refractivity contribution is 5.87. The molecule has 1 fully saturated rings. The van der Waals surface area contributed by atoms with Crippen molar-refractivity contribution in [2.45, 2.75) is 53.9 Å². The van der Waals surface area contributed by atoms with E-state index >= 15 is 0 Å². The fraction of sp³-hybridized carbons (Fsp3) is 0.560. The first-order valence-corrected chi connectivity index (χ1v) is 10.4. The third-order valence-electron chi connectivity index (χ3n) is 6.98. The summed E-state index contributed by atoms with van der Waals surface area (Å²) in [5, 5.41) is 0. The van der Waals surface area contributed by atoms with E-state index in [1.807, 2.05) is 13.8 Å². The van der Waals surface area contributed by atoms with E-state index in [1.54, 1.807) is 0 Å². The van der Waals surface area contributed by atoms with Crippen molar-refractivity contribution in [1.29, 1.82) is 0 Å². The summed E-state index contributed by atoms with van der Waals surface area (Å²) in [7, 11) is 0. The molecule has 27 heavy (non-hydrogen) atoms. The van der Waals surface area contributed by atoms with Crippen molar-refractivity contribution in [2.24, 2.45) is 29.1 Å². The highest BCUT2D eigenvalue weighted by Crippen LogP contribution is 2.61. The standard InChI is InChI=1S/C25H34O2/c1-7-27-24(26)19(5)15-25(6)21(20-11-9-8-10-12-20)14-17(3)22-16(2)13-18(4)23(22)25/h8-12,14-16,18,21-23H,7,13H2,1-6H3/b19-15+/t16-,18-,21-,22-,23+,25-/m1/s1. The van der Waals surface area contributed by atoms with Gasteiger partial charge in [-0.15, -0.1) is 0 Å². The predicted molar refractivity (Wildman–Crippen MR) is 111 cm³/mol. The Bertz CT molecular complexity index is 745. The topological polar surface area (TPSA) is 26.3 Å². The molecule has 2 aliphatic carbocycles. The molecule has 0 radical (unpaired) electrons. The van der Waals surface area contributed by atoms with E-state index < -0.39 is 0 Å². The number of carbonyl (C=O) groups is 1. The lowest BCUT2D eigenvalue weighted by atomic mass is 9.55. The van der Waals surface area contributed by atoms with Gasteiger partial charge in [0.25, 0.3) is 0 Å². The molecule has 2 nitrogen and oxygen atoms in total. The minimum atomic E-state index is -0.188. The van der Waals surface area contributed by atoms with Crippen molar-refractivity contribution in [2.75, 3.05) is 6.61 Å². The SMILES string of the molecule is CCOC(=O)/C(C)=C/[C@@]1(C)[C@@H]2[C@@H](C(C)=C[C@@H]1c1ccccc1)[C@H](C)C[C@H]2C. The molecule has 0 heterocycles. The van der Waals surface area contributed by atoms with Crippen LogP contribution in [0.2, 0.25) is 0 Å². The summed E-state index contributed by atoms with van der Waals surface area (Å²) in [6, 6.07) is 10.8. The van der Waals surface area contributed by atoms with Crippen molar-refractivity contribution in [3.8, 4) is 0 Å². The minimum Gasteiger partial charge on any atom is -0.463 e. The maximum absolute atomic E-state index is 12.4. The van der Waals surface area contributed by atoms with Gasteiger partial charge in [-0.1, -0.05) is 68.8 Å². The predicted octanol–water partition coefficient (Wildman–Crippen LogP) is 6.15. The Labute approximate surface area is 164 Å². The van der Waals surface area contributed by atoms with Gasteiger partial charge in [-0.3, -0.25) is 0 Å². The normalized spacial score (nSPS) is 36.1. The highest BCUT2D eigenvalue weighted by Gasteiger charge is 2.54. The van der Waals surface area contributed by atoms with Crippen LogP contribution in [0.1, 0.15) is 59.4 Å². The van der Waals surface area contributed by atoms with Crippen molar-refractivity contribution < 1.29 is 9.53 Å². The van der Waals surface area contributed by atoms with E-state index in [0.717, 1.165) is 5.57 Å². The Balaban J connectivity index is 2.15. The summed E-state index contributed by atoms with van der Waals surface area (Å²) in [6.45, 7) is 13.7. The average molecular weight is 367 g/mol. The van der Waals surface area contributed by atoms with E-state index in [-0.39, 0.29) is 17.3 Å². The molecule has 1 aromatic carbocycles. The molecule has 6 atom stereocenters. The van der Waals surface area contributed by atoms with Crippen LogP contribution in [0.25, 0.3) is 0 Å². The van der Waals surface area contributed by atoms with Crippen molar-refractivity contribution >= 4 is 5.97 Å². The van der Waals surface area contributed by atoms with Crippen molar-refractivity contribution in [1.82, 2.24) is 0 Å². The first-order chi connectivity index (χ1) is 12.8. The van der Waals surface area contributed by atoms with E-state index in [9.17, 15) is 4.79 Å². The Morgan fingerprint density at radius 1 is 1.22 bits per heavy atom. The number of benzene rings is 1. The van der Waals surface area contributed by atoms with Crippen LogP contribution in [0, 0.1) is 29.1 Å². The molecule has 146 valence electrons. The van der Waals surface area contributed by atoms with Crippen LogP contribution < -0.4 is 0 Å². The van der Waals surface area contributed by atoms with Crippen LogP contribution in [-0.2, 0) is 9.53 Å². The smallest absolute Gasteiger partial charge is 0.333 e. The average Bonchev–Trinajstić information content (AvgIpc) is 2.94. The number of esters is 1. The summed E-state index contributed by atoms with van der Waals surface area (Å²) in [4.78, 5) is 12.4. The zero-order valence-corrected chi connectivity index (χ0v) is 17.7. The summed E-state index contributed by atoms with van der Waals surface area (Å²) in [6.07, 6.45) is 5.96. The van der Waals surface area contributed by atoms with E-state index in [4.69, 9.17) is 4.74 Å². The fourth-order valence-electron chi connectivity index (χ4n) is 6.15. The van der Waals surface area contributed by atoms with Gasteiger partial charge in [-0.25, -0.2) is 4.79 Å². The number of ether oxygens (including phenoxy) is 1. The Hall–Kier alpha value is -1.83. The minimum absolute atomic E-state index is 0.105. The lowest BCUT2D eigenvalue weighted by molar-refractivity contribution is -0.138. The van der Waals surface area contributed by atoms with E-state index in [0.29, 0.717) is 30.3 Å². The number of carbonyl (C=O) groups excluding carboxylic acids is 1. The molecule has 0 N–H and O–H groups in total. The second-order valence-corrected chi connectivity index (χ2v) is 8.95. The summed E-state index contributed by atoms with van der Waals surface area (Å²) < 4.78 is 5.29. The van der Waals surface area contributed by atoms with Gasteiger partial charge in [0.1, 0.15) is 0 Å². The van der Waals surface area contributed by atoms with Gasteiger partial charge in [0.15, 0.2) is 0 Å². The third kappa shape index (κ3) is 3.51. The summed E-state index contributed by atoms with van der Waals surface area (Å²) in [5.74, 6) is 2.54. The third-order valence-corrected chi connectivity index (χ3v) is 6.98. The molecule has 0 aromatic heterocycles. The summed E-state index contributed by atoms with van der Waals surface area (Å²) in [5.41, 5.74) is 3.48. The van der Waals surface area contributed by atoms with E-state index in [1.165, 1.54) is 17.6 Å².